The van der Waals surface area contributed by atoms with Gasteiger partial charge in [-0.2, -0.15) is 5.10 Å². The van der Waals surface area contributed by atoms with E-state index in [-0.39, 0.29) is 6.04 Å². The molecule has 0 aliphatic carbocycles. The van der Waals surface area contributed by atoms with Gasteiger partial charge in [0.25, 0.3) is 0 Å². The van der Waals surface area contributed by atoms with Crippen LogP contribution >= 0.6 is 27.5 Å². The van der Waals surface area contributed by atoms with Crippen LogP contribution in [0.2, 0.25) is 5.02 Å². The van der Waals surface area contributed by atoms with Crippen molar-refractivity contribution < 1.29 is 0 Å². The van der Waals surface area contributed by atoms with Gasteiger partial charge in [0.2, 0.25) is 0 Å². The molecule has 2 rings (SSSR count). The summed E-state index contributed by atoms with van der Waals surface area (Å²) in [6.45, 7) is 1.98. The molecular formula is C12H13BrClN3. The average molecular weight is 315 g/mol. The number of rotatable bonds is 3. The van der Waals surface area contributed by atoms with Gasteiger partial charge in [0, 0.05) is 17.3 Å². The summed E-state index contributed by atoms with van der Waals surface area (Å²) < 4.78 is 2.76. The van der Waals surface area contributed by atoms with E-state index in [4.69, 9.17) is 17.3 Å². The van der Waals surface area contributed by atoms with E-state index in [2.05, 4.69) is 21.0 Å². The van der Waals surface area contributed by atoms with Crippen LogP contribution in [0.1, 0.15) is 12.5 Å². The van der Waals surface area contributed by atoms with Crippen LogP contribution in [0.4, 0.5) is 0 Å². The first kappa shape index (κ1) is 12.6. The molecule has 3 nitrogen and oxygen atoms in total. The fourth-order valence-electron chi connectivity index (χ4n) is 1.72. The number of hydrogen-bond donors (Lipinski definition) is 1. The first-order valence-corrected chi connectivity index (χ1v) is 6.48. The van der Waals surface area contributed by atoms with Crippen molar-refractivity contribution in [1.29, 1.82) is 0 Å². The first-order valence-electron chi connectivity index (χ1n) is 5.31. The Balaban J connectivity index is 2.45. The Kier molecular flexibility index (Phi) is 3.86. The predicted molar refractivity (Wildman–Crippen MR) is 73.6 cm³/mol. The first-order chi connectivity index (χ1) is 8.06. The van der Waals surface area contributed by atoms with Gasteiger partial charge in [-0.15, -0.1) is 0 Å². The molecular weight excluding hydrogens is 302 g/mol. The van der Waals surface area contributed by atoms with Crippen LogP contribution in [0.15, 0.2) is 35.1 Å². The van der Waals surface area contributed by atoms with Crippen molar-refractivity contribution in [3.8, 4) is 5.69 Å². The van der Waals surface area contributed by atoms with E-state index in [1.807, 2.05) is 36.0 Å². The lowest BCUT2D eigenvalue weighted by Gasteiger charge is -2.12. The molecule has 1 aromatic heterocycles. The van der Waals surface area contributed by atoms with E-state index < -0.39 is 0 Å². The van der Waals surface area contributed by atoms with Gasteiger partial charge in [0.05, 0.1) is 16.4 Å². The van der Waals surface area contributed by atoms with E-state index in [9.17, 15) is 0 Å². The van der Waals surface area contributed by atoms with Crippen molar-refractivity contribution in [1.82, 2.24) is 9.78 Å². The molecule has 1 atom stereocenters. The molecule has 17 heavy (non-hydrogen) atoms. The highest BCUT2D eigenvalue weighted by Gasteiger charge is 2.08. The summed E-state index contributed by atoms with van der Waals surface area (Å²) in [5, 5.41) is 4.99. The number of hydrogen-bond acceptors (Lipinski definition) is 2. The smallest absolute Gasteiger partial charge is 0.0679 e. The van der Waals surface area contributed by atoms with E-state index in [1.54, 1.807) is 6.20 Å². The largest absolute Gasteiger partial charge is 0.328 e. The number of benzene rings is 1. The van der Waals surface area contributed by atoms with Crippen LogP contribution in [0, 0.1) is 0 Å². The maximum absolute atomic E-state index is 6.01. The zero-order valence-electron chi connectivity index (χ0n) is 9.40. The molecule has 1 aromatic carbocycles. The van der Waals surface area contributed by atoms with Crippen molar-refractivity contribution in [2.75, 3.05) is 0 Å². The molecule has 0 bridgehead atoms. The summed E-state index contributed by atoms with van der Waals surface area (Å²) in [5.41, 5.74) is 7.96. The van der Waals surface area contributed by atoms with Gasteiger partial charge in [-0.25, -0.2) is 4.68 Å². The van der Waals surface area contributed by atoms with Crippen molar-refractivity contribution in [3.05, 3.63) is 45.7 Å². The number of halogens is 2. The normalized spacial score (nSPS) is 12.7. The van der Waals surface area contributed by atoms with Crippen molar-refractivity contribution in [2.45, 2.75) is 19.4 Å². The van der Waals surface area contributed by atoms with Crippen LogP contribution in [-0.2, 0) is 6.42 Å². The third-order valence-corrected chi connectivity index (χ3v) is 3.03. The van der Waals surface area contributed by atoms with Gasteiger partial charge in [-0.3, -0.25) is 0 Å². The summed E-state index contributed by atoms with van der Waals surface area (Å²) in [7, 11) is 0. The fraction of sp³-hybridized carbons (Fsp3) is 0.250. The van der Waals surface area contributed by atoms with Crippen molar-refractivity contribution in [3.63, 3.8) is 0 Å². The van der Waals surface area contributed by atoms with E-state index in [0.29, 0.717) is 0 Å². The Labute approximate surface area is 114 Å². The van der Waals surface area contributed by atoms with Crippen LogP contribution in [0.5, 0.6) is 0 Å². The Hall–Kier alpha value is -0.840. The highest BCUT2D eigenvalue weighted by atomic mass is 79.9. The standard InChI is InChI=1S/C12H13BrClN3/c1-8(15)4-9-5-11(14)2-3-12(9)17-7-10(13)6-16-17/h2-3,5-8H,4,15H2,1H3. The number of nitrogens with zero attached hydrogens (tertiary/aromatic N) is 2. The minimum Gasteiger partial charge on any atom is -0.328 e. The molecule has 0 fully saturated rings. The van der Waals surface area contributed by atoms with Gasteiger partial charge >= 0.3 is 0 Å². The molecule has 0 saturated heterocycles. The minimum absolute atomic E-state index is 0.0891. The Morgan fingerprint density at radius 1 is 1.53 bits per heavy atom. The lowest BCUT2D eigenvalue weighted by molar-refractivity contribution is 0.727. The molecule has 5 heteroatoms. The third-order valence-electron chi connectivity index (χ3n) is 2.38. The molecule has 0 aliphatic heterocycles. The second-order valence-electron chi connectivity index (χ2n) is 4.06. The summed E-state index contributed by atoms with van der Waals surface area (Å²) in [6.07, 6.45) is 4.44. The Morgan fingerprint density at radius 2 is 2.29 bits per heavy atom. The lowest BCUT2D eigenvalue weighted by atomic mass is 10.1. The van der Waals surface area contributed by atoms with Gasteiger partial charge in [0.15, 0.2) is 0 Å². The topological polar surface area (TPSA) is 43.8 Å². The third kappa shape index (κ3) is 3.09. The van der Waals surface area contributed by atoms with E-state index >= 15 is 0 Å². The van der Waals surface area contributed by atoms with Crippen LogP contribution in [-0.4, -0.2) is 15.8 Å². The highest BCUT2D eigenvalue weighted by molar-refractivity contribution is 9.10. The summed E-state index contributed by atoms with van der Waals surface area (Å²) >= 11 is 9.40. The Morgan fingerprint density at radius 3 is 2.88 bits per heavy atom. The SMILES string of the molecule is CC(N)Cc1cc(Cl)ccc1-n1cc(Br)cn1. The molecule has 1 unspecified atom stereocenters. The summed E-state index contributed by atoms with van der Waals surface area (Å²) in [6, 6.07) is 5.85. The van der Waals surface area contributed by atoms with E-state index in [1.165, 1.54) is 0 Å². The fourth-order valence-corrected chi connectivity index (χ4v) is 2.20. The van der Waals surface area contributed by atoms with Gasteiger partial charge < -0.3 is 5.73 Å². The minimum atomic E-state index is 0.0891. The molecule has 2 aromatic rings. The maximum Gasteiger partial charge on any atom is 0.0679 e. The lowest BCUT2D eigenvalue weighted by Crippen LogP contribution is -2.19. The summed E-state index contributed by atoms with van der Waals surface area (Å²) in [4.78, 5) is 0. The van der Waals surface area contributed by atoms with E-state index in [0.717, 1.165) is 27.2 Å². The second-order valence-corrected chi connectivity index (χ2v) is 5.41. The van der Waals surface area contributed by atoms with Crippen molar-refractivity contribution >= 4 is 27.5 Å². The number of aromatic nitrogens is 2. The average Bonchev–Trinajstić information content (AvgIpc) is 2.64. The monoisotopic (exact) mass is 313 g/mol. The predicted octanol–water partition coefficient (Wildman–Crippen LogP) is 3.18. The molecule has 2 N–H and O–H groups in total. The van der Waals surface area contributed by atoms with Gasteiger partial charge in [-0.1, -0.05) is 11.6 Å². The molecule has 0 aliphatic rings. The molecule has 0 saturated carbocycles. The second kappa shape index (κ2) is 5.21. The molecule has 0 radical (unpaired) electrons. The van der Waals surface area contributed by atoms with Gasteiger partial charge in [0.1, 0.15) is 0 Å². The Bertz CT molecular complexity index is 522. The maximum atomic E-state index is 6.01. The zero-order valence-corrected chi connectivity index (χ0v) is 11.7. The zero-order chi connectivity index (χ0) is 12.4. The quantitative estimate of drug-likeness (QED) is 0.945. The van der Waals surface area contributed by atoms with Crippen molar-refractivity contribution in [2.24, 2.45) is 5.73 Å². The molecule has 0 spiro atoms. The van der Waals surface area contributed by atoms with Crippen LogP contribution < -0.4 is 5.73 Å². The highest BCUT2D eigenvalue weighted by Crippen LogP contribution is 2.21. The molecule has 1 heterocycles. The number of nitrogens with two attached hydrogens (primary N) is 1. The molecule has 0 amide bonds. The summed E-state index contributed by atoms with van der Waals surface area (Å²) in [5.74, 6) is 0. The van der Waals surface area contributed by atoms with Crippen LogP contribution in [0.3, 0.4) is 0 Å². The van der Waals surface area contributed by atoms with Crippen LogP contribution in [0.25, 0.3) is 5.69 Å². The van der Waals surface area contributed by atoms with Gasteiger partial charge in [-0.05, 0) is 53.0 Å². The molecule has 90 valence electrons.